The van der Waals surface area contributed by atoms with Crippen LogP contribution >= 0.6 is 31.9 Å². The number of rotatable bonds is 4. The number of esters is 1. The van der Waals surface area contributed by atoms with Gasteiger partial charge in [0.25, 0.3) is 0 Å². The highest BCUT2D eigenvalue weighted by molar-refractivity contribution is 9.11. The van der Waals surface area contributed by atoms with Crippen molar-refractivity contribution in [3.05, 3.63) is 26.6 Å². The number of anilines is 1. The summed E-state index contributed by atoms with van der Waals surface area (Å²) < 4.78 is 6.62. The first-order chi connectivity index (χ1) is 9.56. The van der Waals surface area contributed by atoms with E-state index in [4.69, 9.17) is 4.74 Å². The van der Waals surface area contributed by atoms with Crippen molar-refractivity contribution in [1.29, 1.82) is 0 Å². The molecule has 2 rings (SSSR count). The summed E-state index contributed by atoms with van der Waals surface area (Å²) in [5.41, 5.74) is 1.40. The molecule has 1 aromatic carbocycles. The predicted octanol–water partition coefficient (Wildman–Crippen LogP) is 4.99. The molecule has 5 heteroatoms. The van der Waals surface area contributed by atoms with Crippen LogP contribution in [0.2, 0.25) is 0 Å². The number of carbonyl (C=O) groups excluding carboxylic acids is 1. The van der Waals surface area contributed by atoms with Gasteiger partial charge in [-0.2, -0.15) is 0 Å². The molecule has 1 aliphatic rings. The van der Waals surface area contributed by atoms with Crippen LogP contribution in [0.1, 0.15) is 43.0 Å². The molecule has 0 amide bonds. The van der Waals surface area contributed by atoms with Crippen LogP contribution in [-0.4, -0.2) is 19.1 Å². The van der Waals surface area contributed by atoms with E-state index >= 15 is 0 Å². The van der Waals surface area contributed by atoms with Crippen molar-refractivity contribution >= 4 is 43.5 Å². The smallest absolute Gasteiger partial charge is 0.340 e. The lowest BCUT2D eigenvalue weighted by Crippen LogP contribution is -2.25. The molecule has 0 radical (unpaired) electrons. The molecule has 2 unspecified atom stereocenters. The van der Waals surface area contributed by atoms with E-state index in [1.54, 1.807) is 6.07 Å². The lowest BCUT2D eigenvalue weighted by molar-refractivity contribution is 0.0601. The van der Waals surface area contributed by atoms with Gasteiger partial charge in [0.1, 0.15) is 0 Å². The van der Waals surface area contributed by atoms with Gasteiger partial charge in [-0.1, -0.05) is 35.7 Å². The van der Waals surface area contributed by atoms with Gasteiger partial charge < -0.3 is 10.1 Å². The summed E-state index contributed by atoms with van der Waals surface area (Å²) in [7, 11) is 1.41. The van der Waals surface area contributed by atoms with E-state index in [1.807, 2.05) is 6.07 Å². The van der Waals surface area contributed by atoms with Crippen molar-refractivity contribution in [1.82, 2.24) is 0 Å². The van der Waals surface area contributed by atoms with E-state index < -0.39 is 0 Å². The molecule has 20 heavy (non-hydrogen) atoms. The van der Waals surface area contributed by atoms with Crippen molar-refractivity contribution in [3.63, 3.8) is 0 Å². The van der Waals surface area contributed by atoms with Crippen molar-refractivity contribution in [2.45, 2.75) is 38.6 Å². The Morgan fingerprint density at radius 3 is 2.80 bits per heavy atom. The summed E-state index contributed by atoms with van der Waals surface area (Å²) in [4.78, 5) is 12.0. The Morgan fingerprint density at radius 2 is 2.15 bits per heavy atom. The number of methoxy groups -OCH3 is 1. The molecule has 2 atom stereocenters. The third-order valence-corrected chi connectivity index (χ3v) is 5.06. The molecular weight excluding hydrogens is 386 g/mol. The highest BCUT2D eigenvalue weighted by Crippen LogP contribution is 2.36. The van der Waals surface area contributed by atoms with E-state index in [-0.39, 0.29) is 5.97 Å². The van der Waals surface area contributed by atoms with Gasteiger partial charge in [0, 0.05) is 15.0 Å². The van der Waals surface area contributed by atoms with Crippen molar-refractivity contribution in [3.8, 4) is 0 Å². The number of nitrogens with one attached hydrogen (secondary N) is 1. The van der Waals surface area contributed by atoms with Gasteiger partial charge in [-0.25, -0.2) is 4.79 Å². The fourth-order valence-electron chi connectivity index (χ4n) is 2.89. The first-order valence-corrected chi connectivity index (χ1v) is 8.49. The standard InChI is InChI=1S/C15H19Br2NO2/c1-3-9-5-4-6-13(9)18-14-11(15(19)20-2)7-10(16)8-12(14)17/h7-9,13,18H,3-6H2,1-2H3. The summed E-state index contributed by atoms with van der Waals surface area (Å²) in [6.45, 7) is 2.22. The predicted molar refractivity (Wildman–Crippen MR) is 88.2 cm³/mol. The summed E-state index contributed by atoms with van der Waals surface area (Å²) in [6, 6.07) is 4.18. The first kappa shape index (κ1) is 15.8. The van der Waals surface area contributed by atoms with Crippen LogP contribution in [-0.2, 0) is 4.74 Å². The zero-order chi connectivity index (χ0) is 14.7. The second kappa shape index (κ2) is 6.94. The number of carbonyl (C=O) groups is 1. The van der Waals surface area contributed by atoms with Crippen LogP contribution in [0.5, 0.6) is 0 Å². The van der Waals surface area contributed by atoms with Gasteiger partial charge in [-0.15, -0.1) is 0 Å². The fraction of sp³-hybridized carbons (Fsp3) is 0.533. The van der Waals surface area contributed by atoms with Gasteiger partial charge >= 0.3 is 5.97 Å². The van der Waals surface area contributed by atoms with Crippen molar-refractivity contribution in [2.75, 3.05) is 12.4 Å². The molecule has 0 bridgehead atoms. The average molecular weight is 405 g/mol. The topological polar surface area (TPSA) is 38.3 Å². The molecule has 1 aliphatic carbocycles. The average Bonchev–Trinajstić information content (AvgIpc) is 2.87. The maximum atomic E-state index is 12.0. The lowest BCUT2D eigenvalue weighted by Gasteiger charge is -2.23. The third kappa shape index (κ3) is 3.37. The Labute approximate surface area is 136 Å². The number of hydrogen-bond acceptors (Lipinski definition) is 3. The van der Waals surface area contributed by atoms with Gasteiger partial charge in [-0.3, -0.25) is 0 Å². The zero-order valence-corrected chi connectivity index (χ0v) is 14.9. The molecule has 0 saturated heterocycles. The Morgan fingerprint density at radius 1 is 1.40 bits per heavy atom. The van der Waals surface area contributed by atoms with Gasteiger partial charge in [0.15, 0.2) is 0 Å². The lowest BCUT2D eigenvalue weighted by atomic mass is 10.00. The number of hydrogen-bond donors (Lipinski definition) is 1. The van der Waals surface area contributed by atoms with E-state index in [2.05, 4.69) is 44.1 Å². The van der Waals surface area contributed by atoms with Crippen molar-refractivity contribution in [2.24, 2.45) is 5.92 Å². The summed E-state index contributed by atoms with van der Waals surface area (Å²) in [6.07, 6.45) is 4.83. The molecule has 0 aromatic heterocycles. The van der Waals surface area contributed by atoms with Gasteiger partial charge in [-0.05, 0) is 46.8 Å². The highest BCUT2D eigenvalue weighted by atomic mass is 79.9. The molecule has 0 heterocycles. The van der Waals surface area contributed by atoms with Crippen molar-refractivity contribution < 1.29 is 9.53 Å². The molecular formula is C15H19Br2NO2. The zero-order valence-electron chi connectivity index (χ0n) is 11.7. The largest absolute Gasteiger partial charge is 0.465 e. The van der Waals surface area contributed by atoms with Crippen LogP contribution in [0, 0.1) is 5.92 Å². The van der Waals surface area contributed by atoms with Crippen LogP contribution < -0.4 is 5.32 Å². The molecule has 1 aromatic rings. The molecule has 0 spiro atoms. The normalized spacial score (nSPS) is 21.8. The summed E-state index contributed by atoms with van der Waals surface area (Å²) >= 11 is 6.96. The maximum Gasteiger partial charge on any atom is 0.340 e. The van der Waals surface area contributed by atoms with Gasteiger partial charge in [0.05, 0.1) is 18.4 Å². The van der Waals surface area contributed by atoms with Crippen LogP contribution in [0.3, 0.4) is 0 Å². The number of ether oxygens (including phenoxy) is 1. The van der Waals surface area contributed by atoms with E-state index in [1.165, 1.54) is 26.4 Å². The third-order valence-electron chi connectivity index (χ3n) is 3.97. The second-order valence-corrected chi connectivity index (χ2v) is 6.92. The number of benzene rings is 1. The fourth-order valence-corrected chi connectivity index (χ4v) is 4.23. The minimum Gasteiger partial charge on any atom is -0.465 e. The summed E-state index contributed by atoms with van der Waals surface area (Å²) in [5.74, 6) is 0.358. The Bertz CT molecular complexity index is 505. The molecule has 110 valence electrons. The SMILES string of the molecule is CCC1CCCC1Nc1c(Br)cc(Br)cc1C(=O)OC. The Balaban J connectivity index is 2.32. The summed E-state index contributed by atoms with van der Waals surface area (Å²) in [5, 5.41) is 3.55. The minimum atomic E-state index is -0.319. The quantitative estimate of drug-likeness (QED) is 0.718. The van der Waals surface area contributed by atoms with E-state index in [0.29, 0.717) is 17.5 Å². The molecule has 1 N–H and O–H groups in total. The first-order valence-electron chi connectivity index (χ1n) is 6.90. The number of halogens is 2. The van der Waals surface area contributed by atoms with Crippen LogP contribution in [0.4, 0.5) is 5.69 Å². The Hall–Kier alpha value is -0.550. The van der Waals surface area contributed by atoms with Crippen LogP contribution in [0.25, 0.3) is 0 Å². The monoisotopic (exact) mass is 403 g/mol. The Kier molecular flexibility index (Phi) is 5.49. The van der Waals surface area contributed by atoms with E-state index in [9.17, 15) is 4.79 Å². The van der Waals surface area contributed by atoms with Gasteiger partial charge in [0.2, 0.25) is 0 Å². The van der Waals surface area contributed by atoms with Crippen LogP contribution in [0.15, 0.2) is 21.1 Å². The molecule has 0 aliphatic heterocycles. The molecule has 3 nitrogen and oxygen atoms in total. The second-order valence-electron chi connectivity index (χ2n) is 5.15. The molecule has 1 fully saturated rings. The molecule has 1 saturated carbocycles. The minimum absolute atomic E-state index is 0.319. The maximum absolute atomic E-state index is 12.0. The van der Waals surface area contributed by atoms with E-state index in [0.717, 1.165) is 21.1 Å². The highest BCUT2D eigenvalue weighted by Gasteiger charge is 2.27.